The molecule has 2 aromatic rings. The zero-order valence-corrected chi connectivity index (χ0v) is 15.1. The predicted molar refractivity (Wildman–Crippen MR) is 97.2 cm³/mol. The predicted octanol–water partition coefficient (Wildman–Crippen LogP) is 6.91. The average molecular weight is 348 g/mol. The first kappa shape index (κ1) is 15.9. The van der Waals surface area contributed by atoms with E-state index in [0.29, 0.717) is 0 Å². The van der Waals surface area contributed by atoms with E-state index >= 15 is 0 Å². The number of nitrogens with zero attached hydrogens (tertiary/aromatic N) is 1. The zero-order chi connectivity index (χ0) is 13.5. The van der Waals surface area contributed by atoms with Crippen molar-refractivity contribution in [3.8, 4) is 0 Å². The summed E-state index contributed by atoms with van der Waals surface area (Å²) in [5, 5.41) is 0.790. The van der Waals surface area contributed by atoms with Crippen LogP contribution in [0, 0.1) is 0 Å². The Hall–Kier alpha value is 0.510. The molecule has 0 aliphatic heterocycles. The number of thiazole rings is 1. The van der Waals surface area contributed by atoms with E-state index in [2.05, 4.69) is 37.0 Å². The fraction of sp³-hybridized carbons (Fsp3) is 0.462. The van der Waals surface area contributed by atoms with Crippen LogP contribution >= 0.6 is 52.6 Å². The first-order chi connectivity index (χ1) is 9.33. The molecule has 0 aliphatic carbocycles. The number of rotatable bonds is 8. The van der Waals surface area contributed by atoms with Gasteiger partial charge in [-0.05, 0) is 55.4 Å². The van der Waals surface area contributed by atoms with E-state index in [0.717, 1.165) is 15.1 Å². The van der Waals surface area contributed by atoms with Gasteiger partial charge in [0.1, 0.15) is 0 Å². The van der Waals surface area contributed by atoms with Crippen molar-refractivity contribution in [2.75, 3.05) is 0 Å². The summed E-state index contributed by atoms with van der Waals surface area (Å²) in [5.74, 6) is 0. The van der Waals surface area contributed by atoms with Gasteiger partial charge in [0.05, 0.1) is 10.2 Å². The maximum atomic E-state index is 4.62. The molecule has 0 amide bonds. The average Bonchev–Trinajstić information content (AvgIpc) is 2.85. The smallest absolute Gasteiger partial charge is 0.162 e. The Morgan fingerprint density at radius 2 is 2.05 bits per heavy atom. The normalized spacial score (nSPS) is 12.9. The quantitative estimate of drug-likeness (QED) is 0.379. The Bertz CT molecular complexity index is 465. The van der Waals surface area contributed by atoms with Crippen LogP contribution in [0.25, 0.3) is 10.2 Å². The lowest BCUT2D eigenvalue weighted by Gasteiger charge is -2.10. The van der Waals surface area contributed by atoms with E-state index < -0.39 is 0 Å². The molecular weight excluding hydrogens is 330 g/mol. The van der Waals surface area contributed by atoms with Crippen molar-refractivity contribution >= 4 is 62.8 Å². The molecule has 0 bridgehead atoms. The lowest BCUT2D eigenvalue weighted by Crippen LogP contribution is -1.96. The van der Waals surface area contributed by atoms with Gasteiger partial charge in [-0.1, -0.05) is 43.2 Å². The molecule has 0 fully saturated rings. The largest absolute Gasteiger partial charge is 0.229 e. The van der Waals surface area contributed by atoms with Gasteiger partial charge in [0.25, 0.3) is 0 Å². The summed E-state index contributed by atoms with van der Waals surface area (Å²) in [4.78, 5) is 4.62. The first-order valence-corrected chi connectivity index (χ1v) is 12.0. The minimum absolute atomic E-state index is 0.790. The van der Waals surface area contributed by atoms with E-state index in [1.165, 1.54) is 24.0 Å². The molecule has 0 aliphatic rings. The van der Waals surface area contributed by atoms with Crippen LogP contribution < -0.4 is 0 Å². The SMILES string of the molecule is CCCC(CC)SSSSc1nc2ccccc2s1. The van der Waals surface area contributed by atoms with Gasteiger partial charge in [-0.3, -0.25) is 0 Å². The second-order valence-electron chi connectivity index (χ2n) is 4.08. The summed E-state index contributed by atoms with van der Waals surface area (Å²) in [7, 11) is 7.52. The standard InChI is InChI=1S/C13H17NS5/c1-3-7-10(4-2)16-18-19-17-13-14-11-8-5-6-9-12(11)15-13/h5-6,8-10H,3-4,7H2,1-2H3. The molecule has 19 heavy (non-hydrogen) atoms. The highest BCUT2D eigenvalue weighted by Gasteiger charge is 2.08. The van der Waals surface area contributed by atoms with Crippen LogP contribution in [0.15, 0.2) is 28.6 Å². The van der Waals surface area contributed by atoms with E-state index in [4.69, 9.17) is 0 Å². The molecule has 1 unspecified atom stereocenters. The van der Waals surface area contributed by atoms with Crippen LogP contribution in [-0.2, 0) is 0 Å². The maximum Gasteiger partial charge on any atom is 0.162 e. The summed E-state index contributed by atoms with van der Waals surface area (Å²) in [6, 6.07) is 8.34. The van der Waals surface area contributed by atoms with Crippen molar-refractivity contribution < 1.29 is 0 Å². The van der Waals surface area contributed by atoms with Crippen LogP contribution in [0.5, 0.6) is 0 Å². The molecular formula is C13H17NS5. The van der Waals surface area contributed by atoms with Crippen molar-refractivity contribution in [2.45, 2.75) is 42.7 Å². The first-order valence-electron chi connectivity index (χ1n) is 6.35. The summed E-state index contributed by atoms with van der Waals surface area (Å²) in [6.07, 6.45) is 3.86. The number of hydrogen-bond donors (Lipinski definition) is 0. The van der Waals surface area contributed by atoms with E-state index in [1.54, 1.807) is 22.1 Å². The number of benzene rings is 1. The third kappa shape index (κ3) is 5.08. The molecule has 0 saturated carbocycles. The Morgan fingerprint density at radius 1 is 1.21 bits per heavy atom. The molecule has 0 radical (unpaired) electrons. The highest BCUT2D eigenvalue weighted by atomic mass is 33.7. The molecule has 1 atom stereocenters. The van der Waals surface area contributed by atoms with Crippen molar-refractivity contribution in [1.82, 2.24) is 4.98 Å². The van der Waals surface area contributed by atoms with E-state index in [9.17, 15) is 0 Å². The Balaban J connectivity index is 1.76. The minimum Gasteiger partial charge on any atom is -0.229 e. The molecule has 1 aromatic heterocycles. The van der Waals surface area contributed by atoms with Crippen LogP contribution in [0.4, 0.5) is 0 Å². The molecule has 0 spiro atoms. The van der Waals surface area contributed by atoms with Gasteiger partial charge in [0, 0.05) is 5.25 Å². The fourth-order valence-electron chi connectivity index (χ4n) is 1.64. The number of aromatic nitrogens is 1. The zero-order valence-electron chi connectivity index (χ0n) is 11.0. The van der Waals surface area contributed by atoms with Gasteiger partial charge >= 0.3 is 0 Å². The van der Waals surface area contributed by atoms with Crippen molar-refractivity contribution in [2.24, 2.45) is 0 Å². The topological polar surface area (TPSA) is 12.9 Å². The number of fused-ring (bicyclic) bond motifs is 1. The van der Waals surface area contributed by atoms with Crippen molar-refractivity contribution in [1.29, 1.82) is 0 Å². The van der Waals surface area contributed by atoms with Gasteiger partial charge in [-0.2, -0.15) is 0 Å². The summed E-state index contributed by atoms with van der Waals surface area (Å²) in [6.45, 7) is 4.54. The monoisotopic (exact) mass is 347 g/mol. The molecule has 2 rings (SSSR count). The molecule has 0 N–H and O–H groups in total. The minimum atomic E-state index is 0.790. The van der Waals surface area contributed by atoms with Crippen LogP contribution in [0.3, 0.4) is 0 Å². The molecule has 1 nitrogen and oxygen atoms in total. The van der Waals surface area contributed by atoms with Crippen LogP contribution in [0.1, 0.15) is 33.1 Å². The Kier molecular flexibility index (Phi) is 7.29. The summed E-state index contributed by atoms with van der Waals surface area (Å²) < 4.78 is 2.43. The Morgan fingerprint density at radius 3 is 2.79 bits per heavy atom. The van der Waals surface area contributed by atoms with Crippen molar-refractivity contribution in [3.05, 3.63) is 24.3 Å². The molecule has 0 saturated heterocycles. The van der Waals surface area contributed by atoms with Crippen molar-refractivity contribution in [3.63, 3.8) is 0 Å². The molecule has 6 heteroatoms. The second kappa shape index (κ2) is 8.72. The fourth-order valence-corrected chi connectivity index (χ4v) is 9.81. The summed E-state index contributed by atoms with van der Waals surface area (Å²) >= 11 is 1.78. The molecule has 1 aromatic carbocycles. The highest BCUT2D eigenvalue weighted by molar-refractivity contribution is 9.26. The van der Waals surface area contributed by atoms with E-state index in [1.807, 2.05) is 36.5 Å². The number of hydrogen-bond acceptors (Lipinski definition) is 6. The Labute approximate surface area is 134 Å². The van der Waals surface area contributed by atoms with Gasteiger partial charge in [0.2, 0.25) is 0 Å². The van der Waals surface area contributed by atoms with Gasteiger partial charge in [-0.25, -0.2) is 4.98 Å². The lowest BCUT2D eigenvalue weighted by molar-refractivity contribution is 0.723. The summed E-state index contributed by atoms with van der Waals surface area (Å²) in [5.41, 5.74) is 1.12. The lowest BCUT2D eigenvalue weighted by atomic mass is 10.2. The highest BCUT2D eigenvalue weighted by Crippen LogP contribution is 2.50. The van der Waals surface area contributed by atoms with Crippen LogP contribution in [-0.4, -0.2) is 10.2 Å². The van der Waals surface area contributed by atoms with Gasteiger partial charge in [-0.15, -0.1) is 11.3 Å². The second-order valence-corrected chi connectivity index (χ2v) is 11.4. The molecule has 104 valence electrons. The molecule has 1 heterocycles. The number of para-hydroxylation sites is 1. The maximum absolute atomic E-state index is 4.62. The van der Waals surface area contributed by atoms with Crippen LogP contribution in [0.2, 0.25) is 0 Å². The third-order valence-electron chi connectivity index (χ3n) is 2.65. The van der Waals surface area contributed by atoms with E-state index in [-0.39, 0.29) is 0 Å². The van der Waals surface area contributed by atoms with Gasteiger partial charge in [0.15, 0.2) is 4.34 Å². The third-order valence-corrected chi connectivity index (χ3v) is 10.8. The van der Waals surface area contributed by atoms with Gasteiger partial charge < -0.3 is 0 Å².